The van der Waals surface area contributed by atoms with Crippen molar-refractivity contribution in [1.29, 1.82) is 0 Å². The molecule has 0 atom stereocenters. The van der Waals surface area contributed by atoms with Crippen LogP contribution >= 0.6 is 27.3 Å². The van der Waals surface area contributed by atoms with E-state index < -0.39 is 0 Å². The van der Waals surface area contributed by atoms with E-state index in [0.29, 0.717) is 0 Å². The van der Waals surface area contributed by atoms with Crippen LogP contribution in [0, 0.1) is 0 Å². The predicted molar refractivity (Wildman–Crippen MR) is 52.9 cm³/mol. The van der Waals surface area contributed by atoms with E-state index in [9.17, 15) is 0 Å². The highest BCUT2D eigenvalue weighted by Gasteiger charge is 2.06. The minimum Gasteiger partial charge on any atom is -0.309 e. The van der Waals surface area contributed by atoms with Gasteiger partial charge >= 0.3 is 0 Å². The third-order valence-electron chi connectivity index (χ3n) is 1.64. The van der Waals surface area contributed by atoms with Gasteiger partial charge in [-0.1, -0.05) is 0 Å². The van der Waals surface area contributed by atoms with E-state index in [1.807, 2.05) is 0 Å². The molecule has 1 aliphatic heterocycles. The van der Waals surface area contributed by atoms with Gasteiger partial charge < -0.3 is 5.32 Å². The molecule has 1 aromatic rings. The summed E-state index contributed by atoms with van der Waals surface area (Å²) in [4.78, 5) is 1.34. The van der Waals surface area contributed by atoms with E-state index in [-0.39, 0.29) is 0 Å². The van der Waals surface area contributed by atoms with E-state index in [2.05, 4.69) is 38.8 Å². The van der Waals surface area contributed by atoms with Crippen LogP contribution in [0.1, 0.15) is 4.88 Å². The maximum Gasteiger partial charge on any atom is 0.0288 e. The molecule has 0 aliphatic carbocycles. The summed E-state index contributed by atoms with van der Waals surface area (Å²) in [6, 6.07) is 2.15. The Balaban J connectivity index is 2.17. The molecular formula is C8H8BrNS. The first-order valence-electron chi connectivity index (χ1n) is 3.49. The molecule has 2 heterocycles. The molecule has 1 fully saturated rings. The molecule has 0 amide bonds. The Morgan fingerprint density at radius 3 is 2.82 bits per heavy atom. The normalized spacial score (nSPS) is 16.3. The fourth-order valence-electron chi connectivity index (χ4n) is 0.977. The molecule has 0 bridgehead atoms. The fraction of sp³-hybridized carbons (Fsp3) is 0.250. The van der Waals surface area contributed by atoms with E-state index >= 15 is 0 Å². The molecule has 58 valence electrons. The maximum absolute atomic E-state index is 3.43. The van der Waals surface area contributed by atoms with Gasteiger partial charge in [-0.05, 0) is 33.6 Å². The van der Waals surface area contributed by atoms with Crippen LogP contribution < -0.4 is 5.32 Å². The lowest BCUT2D eigenvalue weighted by molar-refractivity contribution is 0.675. The van der Waals surface area contributed by atoms with Gasteiger partial charge in [0.05, 0.1) is 0 Å². The highest BCUT2D eigenvalue weighted by molar-refractivity contribution is 9.10. The van der Waals surface area contributed by atoms with E-state index in [0.717, 1.165) is 13.1 Å². The largest absolute Gasteiger partial charge is 0.309 e. The molecule has 2 rings (SSSR count). The van der Waals surface area contributed by atoms with Gasteiger partial charge in [-0.25, -0.2) is 0 Å². The van der Waals surface area contributed by atoms with E-state index in [1.165, 1.54) is 14.9 Å². The standard InChI is InChI=1S/C8H8BrNS/c9-7-2-8(11-5-7)1-6-3-10-4-6/h1-2,5,10H,3-4H2. The first kappa shape index (κ1) is 7.53. The molecule has 0 spiro atoms. The van der Waals surface area contributed by atoms with Gasteiger partial charge in [-0.15, -0.1) is 11.3 Å². The SMILES string of the molecule is Brc1csc(C=C2CNC2)c1. The summed E-state index contributed by atoms with van der Waals surface area (Å²) in [5.41, 5.74) is 1.50. The quantitative estimate of drug-likeness (QED) is 0.781. The summed E-state index contributed by atoms with van der Waals surface area (Å²) in [7, 11) is 0. The third-order valence-corrected chi connectivity index (χ3v) is 3.28. The van der Waals surface area contributed by atoms with Crippen LogP contribution in [0.2, 0.25) is 0 Å². The average Bonchev–Trinajstić information content (AvgIpc) is 2.27. The van der Waals surface area contributed by atoms with Gasteiger partial charge in [0.25, 0.3) is 0 Å². The second-order valence-corrected chi connectivity index (χ2v) is 4.43. The van der Waals surface area contributed by atoms with Crippen molar-refractivity contribution < 1.29 is 0 Å². The number of hydrogen-bond acceptors (Lipinski definition) is 2. The van der Waals surface area contributed by atoms with Crippen LogP contribution in [0.3, 0.4) is 0 Å². The molecule has 3 heteroatoms. The Hall–Kier alpha value is -0.120. The van der Waals surface area contributed by atoms with Gasteiger partial charge in [-0.2, -0.15) is 0 Å². The zero-order valence-electron chi connectivity index (χ0n) is 5.93. The molecule has 0 radical (unpaired) electrons. The van der Waals surface area contributed by atoms with Crippen molar-refractivity contribution in [3.63, 3.8) is 0 Å². The molecule has 0 aromatic carbocycles. The van der Waals surface area contributed by atoms with Gasteiger partial charge in [-0.3, -0.25) is 0 Å². The predicted octanol–water partition coefficient (Wildman–Crippen LogP) is 2.50. The van der Waals surface area contributed by atoms with Crippen LogP contribution in [0.5, 0.6) is 0 Å². The molecule has 1 aliphatic rings. The van der Waals surface area contributed by atoms with Crippen molar-refractivity contribution in [3.05, 3.63) is 26.4 Å². The van der Waals surface area contributed by atoms with Crippen molar-refractivity contribution in [2.45, 2.75) is 0 Å². The van der Waals surface area contributed by atoms with Gasteiger partial charge in [0, 0.05) is 27.8 Å². The Kier molecular flexibility index (Phi) is 2.11. The lowest BCUT2D eigenvalue weighted by Crippen LogP contribution is -2.33. The summed E-state index contributed by atoms with van der Waals surface area (Å²) < 4.78 is 1.18. The van der Waals surface area contributed by atoms with Crippen LogP contribution in [-0.2, 0) is 0 Å². The molecule has 0 saturated carbocycles. The lowest BCUT2D eigenvalue weighted by atomic mass is 10.1. The first-order valence-corrected chi connectivity index (χ1v) is 5.16. The van der Waals surface area contributed by atoms with Crippen molar-refractivity contribution in [2.24, 2.45) is 0 Å². The molecule has 11 heavy (non-hydrogen) atoms. The molecule has 1 N–H and O–H groups in total. The minimum absolute atomic E-state index is 1.06. The monoisotopic (exact) mass is 229 g/mol. The second kappa shape index (κ2) is 3.09. The van der Waals surface area contributed by atoms with Gasteiger partial charge in [0.2, 0.25) is 0 Å². The fourth-order valence-corrected chi connectivity index (χ4v) is 2.40. The Morgan fingerprint density at radius 1 is 1.55 bits per heavy atom. The third kappa shape index (κ3) is 1.72. The molecule has 1 nitrogen and oxygen atoms in total. The smallest absolute Gasteiger partial charge is 0.0288 e. The van der Waals surface area contributed by atoms with Crippen molar-refractivity contribution in [1.82, 2.24) is 5.32 Å². The summed E-state index contributed by atoms with van der Waals surface area (Å²) >= 11 is 5.20. The molecule has 1 saturated heterocycles. The molecule has 1 aromatic heterocycles. The van der Waals surface area contributed by atoms with Crippen LogP contribution in [0.25, 0.3) is 6.08 Å². The van der Waals surface area contributed by atoms with Crippen molar-refractivity contribution >= 4 is 33.3 Å². The number of nitrogens with one attached hydrogen (secondary N) is 1. The minimum atomic E-state index is 1.06. The van der Waals surface area contributed by atoms with E-state index in [1.54, 1.807) is 11.3 Å². The number of hydrogen-bond donors (Lipinski definition) is 1. The number of thiophene rings is 1. The zero-order chi connectivity index (χ0) is 7.68. The molecule has 0 unspecified atom stereocenters. The second-order valence-electron chi connectivity index (χ2n) is 2.57. The van der Waals surface area contributed by atoms with Crippen molar-refractivity contribution in [3.8, 4) is 0 Å². The summed E-state index contributed by atoms with van der Waals surface area (Å²) in [5.74, 6) is 0. The van der Waals surface area contributed by atoms with E-state index in [4.69, 9.17) is 0 Å². The Bertz CT molecular complexity index is 284. The topological polar surface area (TPSA) is 12.0 Å². The number of halogens is 1. The Labute approximate surface area is 78.3 Å². The molecular weight excluding hydrogens is 222 g/mol. The van der Waals surface area contributed by atoms with Crippen LogP contribution in [0.15, 0.2) is 21.5 Å². The Morgan fingerprint density at radius 2 is 2.36 bits per heavy atom. The average molecular weight is 230 g/mol. The lowest BCUT2D eigenvalue weighted by Gasteiger charge is -2.17. The van der Waals surface area contributed by atoms with Crippen LogP contribution in [-0.4, -0.2) is 13.1 Å². The van der Waals surface area contributed by atoms with Crippen LogP contribution in [0.4, 0.5) is 0 Å². The first-order chi connectivity index (χ1) is 5.34. The van der Waals surface area contributed by atoms with Gasteiger partial charge in [0.1, 0.15) is 0 Å². The summed E-state index contributed by atoms with van der Waals surface area (Å²) in [5, 5.41) is 5.32. The number of rotatable bonds is 1. The highest BCUT2D eigenvalue weighted by atomic mass is 79.9. The summed E-state index contributed by atoms with van der Waals surface area (Å²) in [6.45, 7) is 2.13. The van der Waals surface area contributed by atoms with Crippen molar-refractivity contribution in [2.75, 3.05) is 13.1 Å². The highest BCUT2D eigenvalue weighted by Crippen LogP contribution is 2.22. The zero-order valence-corrected chi connectivity index (χ0v) is 8.33. The van der Waals surface area contributed by atoms with Gasteiger partial charge in [0.15, 0.2) is 0 Å². The summed E-state index contributed by atoms with van der Waals surface area (Å²) in [6.07, 6.45) is 2.26. The maximum atomic E-state index is 3.43.